The van der Waals surface area contributed by atoms with Crippen LogP contribution in [-0.2, 0) is 46.9 Å². The average molecular weight is 318 g/mol. The van der Waals surface area contributed by atoms with Gasteiger partial charge in [0, 0.05) is 39.3 Å². The van der Waals surface area contributed by atoms with Gasteiger partial charge in [-0.1, -0.05) is 0 Å². The zero-order valence-electron chi connectivity index (χ0n) is 9.47. The minimum atomic E-state index is -3.85. The Morgan fingerprint density at radius 2 is 1.75 bits per heavy atom. The molecule has 7 heteroatoms. The molecule has 0 spiro atoms. The van der Waals surface area contributed by atoms with Crippen molar-refractivity contribution in [2.24, 2.45) is 0 Å². The minimum absolute atomic E-state index is 0. The number of hydrogen-bond donors (Lipinski definition) is 0. The van der Waals surface area contributed by atoms with Crippen LogP contribution in [0.2, 0.25) is 0 Å². The van der Waals surface area contributed by atoms with Gasteiger partial charge in [-0.05, 0) is 13.8 Å². The van der Waals surface area contributed by atoms with Crippen LogP contribution in [0, 0.1) is 7.11 Å². The Morgan fingerprint density at radius 3 is 2.19 bits per heavy atom. The molecule has 0 aliphatic heterocycles. The predicted octanol–water partition coefficient (Wildman–Crippen LogP) is 2.17. The first-order chi connectivity index (χ1) is 6.87. The predicted molar refractivity (Wildman–Crippen MR) is 48.2 cm³/mol. The Balaban J connectivity index is 0. The second-order valence-corrected chi connectivity index (χ2v) is 3.11. The fourth-order valence-electron chi connectivity index (χ4n) is 0.797. The van der Waals surface area contributed by atoms with Crippen LogP contribution in [0.3, 0.4) is 0 Å². The van der Waals surface area contributed by atoms with Crippen molar-refractivity contribution in [2.75, 3.05) is 26.4 Å². The number of hydrogen-bond acceptors (Lipinski definition) is 3. The maximum absolute atomic E-state index is 13.4. The van der Waals surface area contributed by atoms with Crippen molar-refractivity contribution in [1.82, 2.24) is 0 Å². The van der Waals surface area contributed by atoms with E-state index in [2.05, 4.69) is 21.3 Å². The first-order valence-electron chi connectivity index (χ1n) is 4.53. The van der Waals surface area contributed by atoms with Crippen molar-refractivity contribution in [3.05, 3.63) is 7.11 Å². The molecule has 0 amide bonds. The van der Waals surface area contributed by atoms with Crippen LogP contribution in [0.1, 0.15) is 13.8 Å². The van der Waals surface area contributed by atoms with Gasteiger partial charge in [0.05, 0.1) is 19.8 Å². The van der Waals surface area contributed by atoms with Crippen LogP contribution >= 0.6 is 0 Å². The first-order valence-corrected chi connectivity index (χ1v) is 4.53. The molecule has 3 nitrogen and oxygen atoms in total. The Kier molecular flexibility index (Phi) is 10.5. The fraction of sp³-hybridized carbons (Fsp3) is 0.889. The molecule has 0 N–H and O–H groups in total. The van der Waals surface area contributed by atoms with Gasteiger partial charge in [-0.25, -0.2) is 11.5 Å². The molecule has 1 radical (unpaired) electrons. The van der Waals surface area contributed by atoms with Gasteiger partial charge in [-0.3, -0.25) is 0 Å². The molecule has 0 heterocycles. The van der Waals surface area contributed by atoms with Crippen LogP contribution < -0.4 is 0 Å². The summed E-state index contributed by atoms with van der Waals surface area (Å²) in [5.41, 5.74) is -2.86. The maximum atomic E-state index is 13.4. The van der Waals surface area contributed by atoms with Gasteiger partial charge in [0.15, 0.2) is 0 Å². The van der Waals surface area contributed by atoms with E-state index in [1.165, 1.54) is 6.92 Å². The van der Waals surface area contributed by atoms with E-state index >= 15 is 0 Å². The second kappa shape index (κ2) is 8.81. The summed E-state index contributed by atoms with van der Waals surface area (Å²) in [6, 6.07) is 0. The number of rotatable bonds is 8. The number of ether oxygens (including phenoxy) is 3. The van der Waals surface area contributed by atoms with Crippen molar-refractivity contribution in [3.63, 3.8) is 0 Å². The minimum Gasteiger partial charge on any atom is -0.553 e. The molecule has 1 atom stereocenters. The Bertz CT molecular complexity index is 179. The van der Waals surface area contributed by atoms with Gasteiger partial charge in [0.1, 0.15) is 0 Å². The third kappa shape index (κ3) is 6.49. The van der Waals surface area contributed by atoms with Crippen LogP contribution in [-0.4, -0.2) is 38.2 Å². The normalized spacial score (nSPS) is 15.4. The van der Waals surface area contributed by atoms with E-state index in [4.69, 9.17) is 0 Å². The van der Waals surface area contributed by atoms with E-state index < -0.39 is 18.4 Å². The van der Waals surface area contributed by atoms with E-state index in [1.54, 1.807) is 0 Å². The van der Waals surface area contributed by atoms with Gasteiger partial charge < -0.3 is 14.2 Å². The molecule has 0 fully saturated rings. The summed E-state index contributed by atoms with van der Waals surface area (Å²) in [4.78, 5) is 0. The molecule has 1 unspecified atom stereocenters. The van der Waals surface area contributed by atoms with E-state index in [0.717, 1.165) is 6.92 Å². The largest absolute Gasteiger partial charge is 0.553 e. The molecule has 0 aliphatic carbocycles. The van der Waals surface area contributed by atoms with Gasteiger partial charge in [-0.2, -0.15) is 8.78 Å². The molecule has 0 saturated heterocycles. The molecular weight excluding hydrogens is 302 g/mol. The zero-order valence-corrected chi connectivity index (χ0v) is 12.3. The molecule has 0 saturated carbocycles. The summed E-state index contributed by atoms with van der Waals surface area (Å²) in [7, 11) is 3.05. The summed E-state index contributed by atoms with van der Waals surface area (Å²) in [5, 5.41) is 0. The van der Waals surface area contributed by atoms with Crippen molar-refractivity contribution in [3.8, 4) is 0 Å². The Labute approximate surface area is 119 Å². The molecule has 0 aliphatic rings. The van der Waals surface area contributed by atoms with Crippen LogP contribution in [0.4, 0.5) is 13.2 Å². The average Bonchev–Trinajstić information content (AvgIpc) is 2.12. The van der Waals surface area contributed by atoms with E-state index in [9.17, 15) is 13.2 Å². The molecule has 0 aromatic heterocycles. The van der Waals surface area contributed by atoms with Crippen LogP contribution in [0.25, 0.3) is 0 Å². The standard InChI is InChI=1S/C9H16F3O3.Y/c1-4-15-9(11,12)8(2,10)7-14-6-5-13-3;/h3-7H2,1-2H3;/q-1;. The third-order valence-electron chi connectivity index (χ3n) is 1.68. The number of halogens is 3. The molecule has 95 valence electrons. The van der Waals surface area contributed by atoms with Crippen molar-refractivity contribution in [2.45, 2.75) is 25.6 Å². The van der Waals surface area contributed by atoms with Crippen LogP contribution in [0.5, 0.6) is 0 Å². The van der Waals surface area contributed by atoms with Crippen molar-refractivity contribution in [1.29, 1.82) is 0 Å². The molecular formula is C9H16F3O3Y-. The van der Waals surface area contributed by atoms with Crippen LogP contribution in [0.15, 0.2) is 0 Å². The van der Waals surface area contributed by atoms with Gasteiger partial charge in [0.2, 0.25) is 5.67 Å². The van der Waals surface area contributed by atoms with Gasteiger partial charge in [-0.15, -0.1) is 0 Å². The first kappa shape index (κ1) is 19.1. The van der Waals surface area contributed by atoms with E-state index in [0.29, 0.717) is 0 Å². The smallest absolute Gasteiger partial charge is 0.391 e. The number of alkyl halides is 3. The SMILES string of the molecule is [CH2-]OCCOCC(C)(F)C(F)(F)OCC.[Y]. The summed E-state index contributed by atoms with van der Waals surface area (Å²) in [6.45, 7) is 1.19. The molecule has 0 aromatic rings. The summed E-state index contributed by atoms with van der Waals surface area (Å²) in [6.07, 6.45) is -3.85. The summed E-state index contributed by atoms with van der Waals surface area (Å²) < 4.78 is 52.5. The second-order valence-electron chi connectivity index (χ2n) is 3.11. The van der Waals surface area contributed by atoms with Gasteiger partial charge >= 0.3 is 6.11 Å². The monoisotopic (exact) mass is 318 g/mol. The van der Waals surface area contributed by atoms with Crippen molar-refractivity contribution < 1.29 is 60.1 Å². The van der Waals surface area contributed by atoms with E-state index in [-0.39, 0.29) is 52.5 Å². The third-order valence-corrected chi connectivity index (χ3v) is 1.68. The molecule has 0 rings (SSSR count). The van der Waals surface area contributed by atoms with E-state index in [1.807, 2.05) is 0 Å². The Morgan fingerprint density at radius 1 is 1.19 bits per heavy atom. The molecule has 0 bridgehead atoms. The van der Waals surface area contributed by atoms with Gasteiger partial charge in [0.25, 0.3) is 0 Å². The van der Waals surface area contributed by atoms with Crippen molar-refractivity contribution >= 4 is 0 Å². The zero-order chi connectivity index (χ0) is 11.9. The summed E-state index contributed by atoms with van der Waals surface area (Å²) in [5.74, 6) is 0. The molecule has 16 heavy (non-hydrogen) atoms. The topological polar surface area (TPSA) is 27.7 Å². The maximum Gasteiger partial charge on any atom is 0.391 e. The Hall–Kier alpha value is 0.774. The fourth-order valence-corrected chi connectivity index (χ4v) is 0.797. The summed E-state index contributed by atoms with van der Waals surface area (Å²) >= 11 is 0. The molecule has 0 aromatic carbocycles. The quantitative estimate of drug-likeness (QED) is 0.507.